The van der Waals surface area contributed by atoms with Gasteiger partial charge in [-0.25, -0.2) is 4.39 Å². The highest BCUT2D eigenvalue weighted by Crippen LogP contribution is 2.17. The molecule has 5 heteroatoms. The third-order valence-corrected chi connectivity index (χ3v) is 3.22. The van der Waals surface area contributed by atoms with Crippen molar-refractivity contribution < 1.29 is 13.3 Å². The van der Waals surface area contributed by atoms with Crippen LogP contribution < -0.4 is 5.73 Å². The van der Waals surface area contributed by atoms with Crippen molar-refractivity contribution in [2.45, 2.75) is 11.8 Å². The molecule has 0 aromatic heterocycles. The first-order valence-electron chi connectivity index (χ1n) is 4.66. The molecule has 0 radical (unpaired) electrons. The Morgan fingerprint density at radius 1 is 1.53 bits per heavy atom. The quantitative estimate of drug-likeness (QED) is 0.618. The summed E-state index contributed by atoms with van der Waals surface area (Å²) < 4.78 is 29.6. The molecule has 3 nitrogen and oxygen atoms in total. The van der Waals surface area contributed by atoms with E-state index < -0.39 is 16.6 Å². The maximum Gasteiger partial charge on any atom is 0.124 e. The summed E-state index contributed by atoms with van der Waals surface area (Å²) in [6.45, 7) is 2.83. The van der Waals surface area contributed by atoms with Crippen molar-refractivity contribution in [1.29, 1.82) is 0 Å². The third kappa shape index (κ3) is 3.60. The van der Waals surface area contributed by atoms with Crippen LogP contribution in [0, 0.1) is 5.82 Å². The summed E-state index contributed by atoms with van der Waals surface area (Å²) >= 11 is 0. The zero-order valence-corrected chi connectivity index (χ0v) is 9.35. The highest BCUT2D eigenvalue weighted by molar-refractivity contribution is 7.85. The fourth-order valence-corrected chi connectivity index (χ4v) is 2.16. The molecular formula is C10H14FNO2S. The number of benzene rings is 1. The molecule has 0 aliphatic rings. The molecule has 2 N–H and O–H groups in total. The second-order valence-electron chi connectivity index (χ2n) is 2.93. The van der Waals surface area contributed by atoms with Gasteiger partial charge in [-0.15, -0.1) is 0 Å². The van der Waals surface area contributed by atoms with Gasteiger partial charge < -0.3 is 10.5 Å². The van der Waals surface area contributed by atoms with E-state index in [4.69, 9.17) is 10.5 Å². The van der Waals surface area contributed by atoms with Gasteiger partial charge in [-0.05, 0) is 25.1 Å². The predicted molar refractivity (Wildman–Crippen MR) is 58.6 cm³/mol. The molecule has 1 rings (SSSR count). The van der Waals surface area contributed by atoms with Crippen LogP contribution in [-0.4, -0.2) is 23.2 Å². The lowest BCUT2D eigenvalue weighted by molar-refractivity contribution is 0.164. The van der Waals surface area contributed by atoms with E-state index in [1.54, 1.807) is 0 Å². The maximum atomic E-state index is 12.9. The molecule has 1 aromatic rings. The lowest BCUT2D eigenvalue weighted by atomic mass is 10.3. The number of hydrogen-bond donors (Lipinski definition) is 1. The van der Waals surface area contributed by atoms with Gasteiger partial charge in [0.25, 0.3) is 0 Å². The molecule has 84 valence electrons. The molecule has 0 saturated heterocycles. The van der Waals surface area contributed by atoms with Crippen LogP contribution >= 0.6 is 0 Å². The normalized spacial score (nSPS) is 12.7. The van der Waals surface area contributed by atoms with Crippen LogP contribution in [0.4, 0.5) is 10.1 Å². The van der Waals surface area contributed by atoms with Gasteiger partial charge in [0.05, 0.1) is 28.1 Å². The molecule has 15 heavy (non-hydrogen) atoms. The topological polar surface area (TPSA) is 52.3 Å². The van der Waals surface area contributed by atoms with E-state index in [2.05, 4.69) is 0 Å². The maximum absolute atomic E-state index is 12.9. The molecular weight excluding hydrogens is 217 g/mol. The number of rotatable bonds is 5. The highest BCUT2D eigenvalue weighted by atomic mass is 32.2. The van der Waals surface area contributed by atoms with Crippen molar-refractivity contribution in [3.63, 3.8) is 0 Å². The minimum Gasteiger partial charge on any atom is -0.398 e. The van der Waals surface area contributed by atoms with E-state index in [0.29, 0.717) is 29.5 Å². The van der Waals surface area contributed by atoms with Crippen LogP contribution in [-0.2, 0) is 15.5 Å². The Hall–Kier alpha value is -0.940. The lowest BCUT2D eigenvalue weighted by Crippen LogP contribution is -2.08. The van der Waals surface area contributed by atoms with Crippen molar-refractivity contribution in [3.8, 4) is 0 Å². The second-order valence-corrected chi connectivity index (χ2v) is 4.47. The SMILES string of the molecule is CCOCCS(=O)c1cc(F)ccc1N. The van der Waals surface area contributed by atoms with E-state index >= 15 is 0 Å². The molecule has 0 heterocycles. The zero-order valence-electron chi connectivity index (χ0n) is 8.53. The van der Waals surface area contributed by atoms with E-state index in [0.717, 1.165) is 0 Å². The summed E-state index contributed by atoms with van der Waals surface area (Å²) in [5, 5.41) is 0. The molecule has 0 aliphatic carbocycles. The molecule has 1 atom stereocenters. The van der Waals surface area contributed by atoms with Gasteiger partial charge in [-0.3, -0.25) is 4.21 Å². The van der Waals surface area contributed by atoms with Crippen molar-refractivity contribution >= 4 is 16.5 Å². The van der Waals surface area contributed by atoms with Crippen LogP contribution in [0.1, 0.15) is 6.92 Å². The standard InChI is InChI=1S/C10H14FNO2S/c1-2-14-5-6-15(13)10-7-8(11)3-4-9(10)12/h3-4,7H,2,5-6,12H2,1H3. The Balaban J connectivity index is 2.68. The van der Waals surface area contributed by atoms with Crippen LogP contribution in [0.15, 0.2) is 23.1 Å². The van der Waals surface area contributed by atoms with Gasteiger partial charge in [0.1, 0.15) is 5.82 Å². The Bertz CT molecular complexity index is 357. The number of nitrogen functional groups attached to an aromatic ring is 1. The molecule has 0 spiro atoms. The largest absolute Gasteiger partial charge is 0.398 e. The van der Waals surface area contributed by atoms with Crippen molar-refractivity contribution in [2.75, 3.05) is 24.7 Å². The molecule has 0 aliphatic heterocycles. The predicted octanol–water partition coefficient (Wildman–Crippen LogP) is 1.55. The van der Waals surface area contributed by atoms with Crippen LogP contribution in [0.25, 0.3) is 0 Å². The highest BCUT2D eigenvalue weighted by Gasteiger charge is 2.08. The Kier molecular flexibility index (Phi) is 4.71. The third-order valence-electron chi connectivity index (χ3n) is 1.84. The summed E-state index contributed by atoms with van der Waals surface area (Å²) in [6.07, 6.45) is 0. The summed E-state index contributed by atoms with van der Waals surface area (Å²) in [6, 6.07) is 3.87. The minimum atomic E-state index is -1.30. The van der Waals surface area contributed by atoms with E-state index in [1.165, 1.54) is 18.2 Å². The first kappa shape index (κ1) is 12.1. The number of nitrogens with two attached hydrogens (primary N) is 1. The van der Waals surface area contributed by atoms with Crippen molar-refractivity contribution in [3.05, 3.63) is 24.0 Å². The van der Waals surface area contributed by atoms with E-state index in [-0.39, 0.29) is 0 Å². The van der Waals surface area contributed by atoms with Crippen molar-refractivity contribution in [1.82, 2.24) is 0 Å². The minimum absolute atomic E-state index is 0.335. The number of hydrogen-bond acceptors (Lipinski definition) is 3. The monoisotopic (exact) mass is 231 g/mol. The molecule has 1 aromatic carbocycles. The van der Waals surface area contributed by atoms with Gasteiger partial charge in [0.15, 0.2) is 0 Å². The fraction of sp³-hybridized carbons (Fsp3) is 0.400. The van der Waals surface area contributed by atoms with Crippen LogP contribution in [0.5, 0.6) is 0 Å². The molecule has 0 bridgehead atoms. The van der Waals surface area contributed by atoms with Gasteiger partial charge >= 0.3 is 0 Å². The van der Waals surface area contributed by atoms with Gasteiger partial charge in [-0.1, -0.05) is 0 Å². The average molecular weight is 231 g/mol. The summed E-state index contributed by atoms with van der Waals surface area (Å²) in [7, 11) is -1.30. The van der Waals surface area contributed by atoms with E-state index in [9.17, 15) is 8.60 Å². The Morgan fingerprint density at radius 2 is 2.27 bits per heavy atom. The Labute approximate surface area is 90.9 Å². The first-order chi connectivity index (χ1) is 7.15. The van der Waals surface area contributed by atoms with Gasteiger partial charge in [0.2, 0.25) is 0 Å². The number of halogens is 1. The fourth-order valence-electron chi connectivity index (χ4n) is 1.09. The first-order valence-corrected chi connectivity index (χ1v) is 5.98. The summed E-state index contributed by atoms with van der Waals surface area (Å²) in [5.41, 5.74) is 5.95. The van der Waals surface area contributed by atoms with Gasteiger partial charge in [-0.2, -0.15) is 0 Å². The van der Waals surface area contributed by atoms with Crippen molar-refractivity contribution in [2.24, 2.45) is 0 Å². The molecule has 1 unspecified atom stereocenters. The number of anilines is 1. The Morgan fingerprint density at radius 3 is 2.93 bits per heavy atom. The summed E-state index contributed by atoms with van der Waals surface area (Å²) in [4.78, 5) is 0.342. The lowest BCUT2D eigenvalue weighted by Gasteiger charge is -2.05. The van der Waals surface area contributed by atoms with Crippen LogP contribution in [0.2, 0.25) is 0 Å². The molecule has 0 amide bonds. The zero-order chi connectivity index (χ0) is 11.3. The van der Waals surface area contributed by atoms with E-state index in [1.807, 2.05) is 6.92 Å². The number of ether oxygens (including phenoxy) is 1. The summed E-state index contributed by atoms with van der Waals surface area (Å²) in [5.74, 6) is -0.0921. The second kappa shape index (κ2) is 5.82. The van der Waals surface area contributed by atoms with Gasteiger partial charge in [0, 0.05) is 12.3 Å². The molecule has 0 fully saturated rings. The molecule has 0 saturated carbocycles. The van der Waals surface area contributed by atoms with Crippen LogP contribution in [0.3, 0.4) is 0 Å². The smallest absolute Gasteiger partial charge is 0.124 e. The average Bonchev–Trinajstić information content (AvgIpc) is 2.22.